The first-order valence-electron chi connectivity index (χ1n) is 9.59. The molecule has 0 unspecified atom stereocenters. The van der Waals surface area contributed by atoms with E-state index in [9.17, 15) is 15.0 Å². The number of benzene rings is 1. The Morgan fingerprint density at radius 3 is 2.48 bits per heavy atom. The molecule has 148 valence electrons. The van der Waals surface area contributed by atoms with Gasteiger partial charge >= 0.3 is 0 Å². The van der Waals surface area contributed by atoms with Crippen molar-refractivity contribution in [3.63, 3.8) is 0 Å². The van der Waals surface area contributed by atoms with E-state index in [2.05, 4.69) is 17.2 Å². The number of aromatic nitrogens is 1. The molecular formula is C21H30N2O4. The van der Waals surface area contributed by atoms with E-state index in [1.165, 1.54) is 12.8 Å². The van der Waals surface area contributed by atoms with E-state index < -0.39 is 5.91 Å². The van der Waals surface area contributed by atoms with E-state index in [1.54, 1.807) is 24.3 Å². The fourth-order valence-corrected chi connectivity index (χ4v) is 2.85. The lowest BCUT2D eigenvalue weighted by Gasteiger charge is -2.08. The number of unbranched alkanes of at least 4 members (excludes halogenated alkanes) is 3. The Kier molecular flexibility index (Phi) is 7.58. The fourth-order valence-electron chi connectivity index (χ4n) is 2.85. The number of carbonyl (C=O) groups is 1. The van der Waals surface area contributed by atoms with Gasteiger partial charge in [0.25, 0.3) is 5.91 Å². The number of amides is 1. The van der Waals surface area contributed by atoms with Crippen LogP contribution in [0.2, 0.25) is 0 Å². The molecule has 4 N–H and O–H groups in total. The van der Waals surface area contributed by atoms with Gasteiger partial charge in [-0.15, -0.1) is 0 Å². The van der Waals surface area contributed by atoms with Crippen molar-refractivity contribution in [1.82, 2.24) is 4.98 Å². The topological polar surface area (TPSA) is 94.6 Å². The smallest absolute Gasteiger partial charge is 0.264 e. The average Bonchev–Trinajstić information content (AvgIpc) is 2.89. The van der Waals surface area contributed by atoms with Crippen LogP contribution in [0.25, 0.3) is 0 Å². The zero-order valence-corrected chi connectivity index (χ0v) is 16.3. The Balaban J connectivity index is 1.95. The largest absolute Gasteiger partial charge is 0.505 e. The summed E-state index contributed by atoms with van der Waals surface area (Å²) < 4.78 is 5.68. The standard InChI is InChI=1S/C21H30N2O4/c1-4-5-6-7-12-27-16-10-8-15(9-11-16)22-20(25)18-19(24)17(13-14(2)3)23-21(18)26/h8-11,14,23-24,26H,4-7,12-13H2,1-3H3,(H,22,25). The van der Waals surface area contributed by atoms with Crippen LogP contribution in [0.15, 0.2) is 24.3 Å². The Morgan fingerprint density at radius 1 is 1.15 bits per heavy atom. The van der Waals surface area contributed by atoms with Crippen molar-refractivity contribution < 1.29 is 19.7 Å². The van der Waals surface area contributed by atoms with E-state index in [0.29, 0.717) is 24.4 Å². The van der Waals surface area contributed by atoms with Gasteiger partial charge < -0.3 is 25.3 Å². The monoisotopic (exact) mass is 374 g/mol. The number of aromatic hydroxyl groups is 2. The maximum Gasteiger partial charge on any atom is 0.264 e. The SMILES string of the molecule is CCCCCCOc1ccc(NC(=O)c2c(O)[nH]c(CC(C)C)c2O)cc1. The number of hydrogen-bond acceptors (Lipinski definition) is 4. The molecule has 6 nitrogen and oxygen atoms in total. The van der Waals surface area contributed by atoms with Crippen molar-refractivity contribution in [1.29, 1.82) is 0 Å². The van der Waals surface area contributed by atoms with Gasteiger partial charge in [0.1, 0.15) is 11.3 Å². The summed E-state index contributed by atoms with van der Waals surface area (Å²) >= 11 is 0. The van der Waals surface area contributed by atoms with Gasteiger partial charge in [0.2, 0.25) is 5.88 Å². The summed E-state index contributed by atoms with van der Waals surface area (Å²) in [4.78, 5) is 15.1. The maximum absolute atomic E-state index is 12.4. The second-order valence-electron chi connectivity index (χ2n) is 7.16. The zero-order chi connectivity index (χ0) is 19.8. The van der Waals surface area contributed by atoms with Crippen molar-refractivity contribution in [3.05, 3.63) is 35.5 Å². The molecule has 6 heteroatoms. The first-order chi connectivity index (χ1) is 12.9. The van der Waals surface area contributed by atoms with E-state index in [4.69, 9.17) is 4.74 Å². The van der Waals surface area contributed by atoms with Crippen molar-refractivity contribution >= 4 is 11.6 Å². The van der Waals surface area contributed by atoms with E-state index in [0.717, 1.165) is 18.6 Å². The van der Waals surface area contributed by atoms with Crippen LogP contribution in [0.4, 0.5) is 5.69 Å². The minimum atomic E-state index is -0.565. The Morgan fingerprint density at radius 2 is 1.85 bits per heavy atom. The molecule has 0 aliphatic carbocycles. The fraction of sp³-hybridized carbons (Fsp3) is 0.476. The third-order valence-corrected chi connectivity index (χ3v) is 4.25. The van der Waals surface area contributed by atoms with Crippen molar-refractivity contribution in [2.75, 3.05) is 11.9 Å². The molecule has 0 fully saturated rings. The highest BCUT2D eigenvalue weighted by atomic mass is 16.5. The summed E-state index contributed by atoms with van der Waals surface area (Å²) in [6.45, 7) is 6.83. The summed E-state index contributed by atoms with van der Waals surface area (Å²) in [5.74, 6) is -0.0710. The molecule has 0 saturated carbocycles. The highest BCUT2D eigenvalue weighted by Gasteiger charge is 2.23. The van der Waals surface area contributed by atoms with Crippen LogP contribution in [0.5, 0.6) is 17.4 Å². The van der Waals surface area contributed by atoms with Crippen LogP contribution in [0.3, 0.4) is 0 Å². The Bertz CT molecular complexity index is 735. The number of hydrogen-bond donors (Lipinski definition) is 4. The van der Waals surface area contributed by atoms with Crippen LogP contribution in [-0.4, -0.2) is 27.7 Å². The second-order valence-corrected chi connectivity index (χ2v) is 7.16. The lowest BCUT2D eigenvalue weighted by atomic mass is 10.1. The molecule has 2 aromatic rings. The number of nitrogens with one attached hydrogen (secondary N) is 2. The molecule has 0 saturated heterocycles. The second kappa shape index (κ2) is 9.90. The van der Waals surface area contributed by atoms with Crippen molar-refractivity contribution in [3.8, 4) is 17.4 Å². The summed E-state index contributed by atoms with van der Waals surface area (Å²) in [7, 11) is 0. The first-order valence-corrected chi connectivity index (χ1v) is 9.59. The normalized spacial score (nSPS) is 11.0. The molecule has 1 amide bonds. The van der Waals surface area contributed by atoms with Gasteiger partial charge in [0.05, 0.1) is 12.3 Å². The molecule has 0 aliphatic rings. The van der Waals surface area contributed by atoms with Crippen LogP contribution in [0, 0.1) is 5.92 Å². The first kappa shape index (κ1) is 20.7. The highest BCUT2D eigenvalue weighted by Crippen LogP contribution is 2.33. The van der Waals surface area contributed by atoms with E-state index in [-0.39, 0.29) is 23.1 Å². The number of aromatic amines is 1. The molecule has 27 heavy (non-hydrogen) atoms. The minimum Gasteiger partial charge on any atom is -0.505 e. The van der Waals surface area contributed by atoms with Crippen LogP contribution in [-0.2, 0) is 6.42 Å². The quantitative estimate of drug-likeness (QED) is 0.448. The Labute approximate surface area is 160 Å². The summed E-state index contributed by atoms with van der Waals surface area (Å²) in [6.07, 6.45) is 5.13. The maximum atomic E-state index is 12.4. The number of H-pyrrole nitrogens is 1. The highest BCUT2D eigenvalue weighted by molar-refractivity contribution is 6.08. The van der Waals surface area contributed by atoms with E-state index >= 15 is 0 Å². The van der Waals surface area contributed by atoms with Gasteiger partial charge in [-0.1, -0.05) is 40.0 Å². The summed E-state index contributed by atoms with van der Waals surface area (Å²) in [5, 5.41) is 22.9. The van der Waals surface area contributed by atoms with Crippen LogP contribution < -0.4 is 10.1 Å². The number of anilines is 1. The number of ether oxygens (including phenoxy) is 1. The lowest BCUT2D eigenvalue weighted by Crippen LogP contribution is -2.11. The molecule has 0 atom stereocenters. The lowest BCUT2D eigenvalue weighted by molar-refractivity contribution is 0.102. The average molecular weight is 374 g/mol. The molecule has 0 radical (unpaired) electrons. The third kappa shape index (κ3) is 5.94. The molecule has 1 aromatic heterocycles. The predicted octanol–water partition coefficient (Wildman–Crippen LogP) is 4.84. The van der Waals surface area contributed by atoms with Gasteiger partial charge in [0, 0.05) is 5.69 Å². The molecule has 0 spiro atoms. The van der Waals surface area contributed by atoms with Gasteiger partial charge in [0.15, 0.2) is 5.75 Å². The summed E-state index contributed by atoms with van der Waals surface area (Å²) in [6, 6.07) is 7.04. The van der Waals surface area contributed by atoms with Crippen LogP contribution >= 0.6 is 0 Å². The van der Waals surface area contributed by atoms with E-state index in [1.807, 2.05) is 13.8 Å². The zero-order valence-electron chi connectivity index (χ0n) is 16.3. The van der Waals surface area contributed by atoms with Gasteiger partial charge in [-0.3, -0.25) is 4.79 Å². The minimum absolute atomic E-state index is 0.137. The summed E-state index contributed by atoms with van der Waals surface area (Å²) in [5.41, 5.74) is 0.880. The van der Waals surface area contributed by atoms with Gasteiger partial charge in [-0.25, -0.2) is 0 Å². The molecule has 2 rings (SSSR count). The number of rotatable bonds is 10. The van der Waals surface area contributed by atoms with Crippen molar-refractivity contribution in [2.24, 2.45) is 5.92 Å². The Hall–Kier alpha value is -2.63. The predicted molar refractivity (Wildman–Crippen MR) is 107 cm³/mol. The molecule has 1 heterocycles. The van der Waals surface area contributed by atoms with Gasteiger partial charge in [-0.2, -0.15) is 0 Å². The number of carbonyl (C=O) groups excluding carboxylic acids is 1. The van der Waals surface area contributed by atoms with Gasteiger partial charge in [-0.05, 0) is 43.0 Å². The van der Waals surface area contributed by atoms with Crippen molar-refractivity contribution in [2.45, 2.75) is 52.9 Å². The molecule has 0 bridgehead atoms. The molecule has 0 aliphatic heterocycles. The van der Waals surface area contributed by atoms with Crippen LogP contribution in [0.1, 0.15) is 62.5 Å². The molecule has 1 aromatic carbocycles. The third-order valence-electron chi connectivity index (χ3n) is 4.25. The molecular weight excluding hydrogens is 344 g/mol.